The lowest BCUT2D eigenvalue weighted by atomic mass is 10.3. The molecule has 0 aliphatic rings. The number of hydrogen-bond donors (Lipinski definition) is 2. The van der Waals surface area contributed by atoms with Crippen molar-refractivity contribution in [2.75, 3.05) is 29.5 Å². The van der Waals surface area contributed by atoms with Crippen LogP contribution in [0.25, 0.3) is 0 Å². The predicted octanol–water partition coefficient (Wildman–Crippen LogP) is 3.23. The topological polar surface area (TPSA) is 71.2 Å². The minimum Gasteiger partial charge on any atom is -0.382 e. The summed E-state index contributed by atoms with van der Waals surface area (Å²) in [5.41, 5.74) is 5.75. The smallest absolute Gasteiger partial charge is 0.269 e. The molecule has 0 aliphatic carbocycles. The summed E-state index contributed by atoms with van der Waals surface area (Å²) in [6, 6.07) is 4.38. The second-order valence-corrected chi connectivity index (χ2v) is 5.67. The lowest BCUT2D eigenvalue weighted by molar-refractivity contribution is 0.103. The van der Waals surface area contributed by atoms with Crippen LogP contribution in [0.15, 0.2) is 18.2 Å². The van der Waals surface area contributed by atoms with Crippen molar-refractivity contribution in [3.05, 3.63) is 33.9 Å². The molecule has 2 rings (SSSR count). The number of hydrogen-bond acceptors (Lipinski definition) is 5. The Morgan fingerprint density at radius 2 is 2.29 bits per heavy atom. The van der Waals surface area contributed by atoms with E-state index in [0.717, 1.165) is 17.9 Å². The summed E-state index contributed by atoms with van der Waals surface area (Å²) in [5.74, 6) is -1.07. The van der Waals surface area contributed by atoms with Crippen molar-refractivity contribution in [3.8, 4) is 0 Å². The van der Waals surface area contributed by atoms with Crippen molar-refractivity contribution in [2.24, 2.45) is 0 Å². The summed E-state index contributed by atoms with van der Waals surface area (Å²) >= 11 is 6.82. The molecule has 0 atom stereocenters. The zero-order valence-corrected chi connectivity index (χ0v) is 13.1. The van der Waals surface area contributed by atoms with Gasteiger partial charge in [-0.2, -0.15) is 0 Å². The van der Waals surface area contributed by atoms with Crippen LogP contribution in [-0.2, 0) is 0 Å². The maximum atomic E-state index is 13.8. The maximum absolute atomic E-state index is 13.8. The quantitative estimate of drug-likeness (QED) is 0.904. The van der Waals surface area contributed by atoms with Crippen LogP contribution in [0.5, 0.6) is 0 Å². The zero-order valence-electron chi connectivity index (χ0n) is 11.5. The summed E-state index contributed by atoms with van der Waals surface area (Å²) in [6.07, 6.45) is 0. The van der Waals surface area contributed by atoms with Crippen LogP contribution in [0.3, 0.4) is 0 Å². The molecule has 2 aromatic rings. The minimum atomic E-state index is -0.679. The molecule has 0 aliphatic heterocycles. The Kier molecular flexibility index (Phi) is 4.64. The van der Waals surface area contributed by atoms with Gasteiger partial charge in [-0.05, 0) is 19.1 Å². The van der Waals surface area contributed by atoms with Gasteiger partial charge in [0.2, 0.25) is 0 Å². The number of amides is 1. The molecule has 0 bridgehead atoms. The van der Waals surface area contributed by atoms with Crippen LogP contribution < -0.4 is 16.0 Å². The van der Waals surface area contributed by atoms with Crippen molar-refractivity contribution in [1.29, 1.82) is 0 Å². The van der Waals surface area contributed by atoms with E-state index in [0.29, 0.717) is 5.13 Å². The SMILES string of the molecule is CCN(C)c1nc(N)c(C(=O)Nc2cccc(Cl)c2F)s1. The first kappa shape index (κ1) is 15.5. The summed E-state index contributed by atoms with van der Waals surface area (Å²) in [5, 5.41) is 3.02. The number of anilines is 3. The molecule has 1 heterocycles. The molecule has 0 radical (unpaired) electrons. The maximum Gasteiger partial charge on any atom is 0.269 e. The molecule has 0 saturated carbocycles. The molecule has 0 fully saturated rings. The largest absolute Gasteiger partial charge is 0.382 e. The van der Waals surface area contributed by atoms with Crippen molar-refractivity contribution in [2.45, 2.75) is 6.92 Å². The first-order valence-corrected chi connectivity index (χ1v) is 7.36. The van der Waals surface area contributed by atoms with Gasteiger partial charge in [0.1, 0.15) is 10.7 Å². The molecular formula is C13H14ClFN4OS. The van der Waals surface area contributed by atoms with Crippen molar-refractivity contribution < 1.29 is 9.18 Å². The van der Waals surface area contributed by atoms with Crippen LogP contribution >= 0.6 is 22.9 Å². The number of aromatic nitrogens is 1. The van der Waals surface area contributed by atoms with Crippen molar-refractivity contribution >= 4 is 45.5 Å². The molecule has 0 spiro atoms. The van der Waals surface area contributed by atoms with E-state index >= 15 is 0 Å². The number of nitrogens with one attached hydrogen (secondary N) is 1. The van der Waals surface area contributed by atoms with Crippen LogP contribution in [0.4, 0.5) is 21.0 Å². The van der Waals surface area contributed by atoms with Gasteiger partial charge in [0.15, 0.2) is 10.9 Å². The summed E-state index contributed by atoms with van der Waals surface area (Å²) < 4.78 is 13.8. The Morgan fingerprint density at radius 1 is 1.57 bits per heavy atom. The Balaban J connectivity index is 2.25. The van der Waals surface area contributed by atoms with Gasteiger partial charge in [0, 0.05) is 13.6 Å². The molecule has 0 saturated heterocycles. The fourth-order valence-corrected chi connectivity index (χ4v) is 2.64. The molecule has 3 N–H and O–H groups in total. The molecule has 21 heavy (non-hydrogen) atoms. The number of thiazole rings is 1. The highest BCUT2D eigenvalue weighted by atomic mass is 35.5. The van der Waals surface area contributed by atoms with Crippen molar-refractivity contribution in [3.63, 3.8) is 0 Å². The molecule has 112 valence electrons. The fraction of sp³-hybridized carbons (Fsp3) is 0.231. The van der Waals surface area contributed by atoms with Gasteiger partial charge in [0.25, 0.3) is 5.91 Å². The van der Waals surface area contributed by atoms with Crippen LogP contribution in [0.2, 0.25) is 5.02 Å². The number of nitrogens with zero attached hydrogens (tertiary/aromatic N) is 2. The second-order valence-electron chi connectivity index (χ2n) is 4.28. The van der Waals surface area contributed by atoms with E-state index in [1.807, 2.05) is 18.9 Å². The van der Waals surface area contributed by atoms with E-state index in [4.69, 9.17) is 17.3 Å². The molecular weight excluding hydrogens is 315 g/mol. The van der Waals surface area contributed by atoms with E-state index in [9.17, 15) is 9.18 Å². The van der Waals surface area contributed by atoms with Gasteiger partial charge in [-0.25, -0.2) is 9.37 Å². The number of nitrogen functional groups attached to an aromatic ring is 1. The number of nitrogens with two attached hydrogens (primary N) is 1. The second kappa shape index (κ2) is 6.28. The van der Waals surface area contributed by atoms with E-state index in [1.165, 1.54) is 12.1 Å². The van der Waals surface area contributed by atoms with E-state index in [1.54, 1.807) is 6.07 Å². The average molecular weight is 329 g/mol. The van der Waals surface area contributed by atoms with Crippen LogP contribution in [0, 0.1) is 5.82 Å². The third kappa shape index (κ3) is 3.25. The fourth-order valence-electron chi connectivity index (χ4n) is 1.56. The van der Waals surface area contributed by atoms with Gasteiger partial charge in [-0.1, -0.05) is 29.0 Å². The van der Waals surface area contributed by atoms with E-state index in [-0.39, 0.29) is 21.4 Å². The highest BCUT2D eigenvalue weighted by Gasteiger charge is 2.19. The standard InChI is InChI=1S/C13H14ClFN4OS/c1-3-19(2)13-18-11(16)10(21-13)12(20)17-8-6-4-5-7(14)9(8)15/h4-6H,3,16H2,1-2H3,(H,17,20). The van der Waals surface area contributed by atoms with Gasteiger partial charge in [0.05, 0.1) is 10.7 Å². The van der Waals surface area contributed by atoms with Crippen LogP contribution in [0.1, 0.15) is 16.6 Å². The van der Waals surface area contributed by atoms with Gasteiger partial charge in [-0.15, -0.1) is 0 Å². The number of halogens is 2. The number of rotatable bonds is 4. The van der Waals surface area contributed by atoms with E-state index < -0.39 is 11.7 Å². The van der Waals surface area contributed by atoms with Gasteiger partial charge in [-0.3, -0.25) is 4.79 Å². The number of carbonyl (C=O) groups is 1. The Hall–Kier alpha value is -1.86. The van der Waals surface area contributed by atoms with E-state index in [2.05, 4.69) is 10.3 Å². The van der Waals surface area contributed by atoms with Gasteiger partial charge >= 0.3 is 0 Å². The molecule has 1 aromatic heterocycles. The third-order valence-corrected chi connectivity index (χ3v) is 4.33. The summed E-state index contributed by atoms with van der Waals surface area (Å²) in [4.78, 5) is 18.4. The lowest BCUT2D eigenvalue weighted by Crippen LogP contribution is -2.15. The van der Waals surface area contributed by atoms with Crippen LogP contribution in [-0.4, -0.2) is 24.5 Å². The monoisotopic (exact) mass is 328 g/mol. The van der Waals surface area contributed by atoms with Crippen molar-refractivity contribution in [1.82, 2.24) is 4.98 Å². The number of carbonyl (C=O) groups excluding carboxylic acids is 1. The molecule has 1 aromatic carbocycles. The zero-order chi connectivity index (χ0) is 15.6. The first-order chi connectivity index (χ1) is 9.93. The number of benzene rings is 1. The van der Waals surface area contributed by atoms with Gasteiger partial charge < -0.3 is 16.0 Å². The molecule has 5 nitrogen and oxygen atoms in total. The molecule has 8 heteroatoms. The molecule has 1 amide bonds. The first-order valence-electron chi connectivity index (χ1n) is 6.16. The summed E-state index contributed by atoms with van der Waals surface area (Å²) in [7, 11) is 1.84. The normalized spacial score (nSPS) is 10.5. The lowest BCUT2D eigenvalue weighted by Gasteiger charge is -2.10. The Labute approximate surface area is 130 Å². The average Bonchev–Trinajstić information content (AvgIpc) is 2.85. The molecule has 0 unspecified atom stereocenters. The highest BCUT2D eigenvalue weighted by molar-refractivity contribution is 7.18. The third-order valence-electron chi connectivity index (χ3n) is 2.85. The highest BCUT2D eigenvalue weighted by Crippen LogP contribution is 2.29. The predicted molar refractivity (Wildman–Crippen MR) is 84.8 cm³/mol. The summed E-state index contributed by atoms with van der Waals surface area (Å²) in [6.45, 7) is 2.69. The Morgan fingerprint density at radius 3 is 2.95 bits per heavy atom. The minimum absolute atomic E-state index is 0.00527. The Bertz CT molecular complexity index is 676.